The maximum atomic E-state index is 13.5. The van der Waals surface area contributed by atoms with E-state index in [-0.39, 0.29) is 11.9 Å². The van der Waals surface area contributed by atoms with Crippen LogP contribution in [-0.4, -0.2) is 31.1 Å². The molecule has 0 saturated carbocycles. The smallest absolute Gasteiger partial charge is 0.137 e. The topological polar surface area (TPSA) is 28.4 Å². The van der Waals surface area contributed by atoms with Crippen LogP contribution in [0.4, 0.5) is 4.39 Å². The fraction of sp³-hybridized carbons (Fsp3) is 0.333. The Balaban J connectivity index is 1.98. The molecule has 3 nitrogen and oxygen atoms in total. The van der Waals surface area contributed by atoms with E-state index in [1.54, 1.807) is 6.26 Å². The van der Waals surface area contributed by atoms with E-state index in [9.17, 15) is 4.39 Å². The van der Waals surface area contributed by atoms with Crippen molar-refractivity contribution in [1.82, 2.24) is 10.2 Å². The molecule has 1 aromatic heterocycles. The Hall–Kier alpha value is -1.17. The van der Waals surface area contributed by atoms with Crippen molar-refractivity contribution in [2.45, 2.75) is 6.04 Å². The van der Waals surface area contributed by atoms with Gasteiger partial charge in [-0.2, -0.15) is 0 Å². The molecular weight excluding hydrogens is 323 g/mol. The Morgan fingerprint density at radius 3 is 2.70 bits per heavy atom. The van der Waals surface area contributed by atoms with E-state index in [1.165, 1.54) is 6.07 Å². The summed E-state index contributed by atoms with van der Waals surface area (Å²) in [5, 5.41) is 3.35. The van der Waals surface area contributed by atoms with Gasteiger partial charge in [-0.05, 0) is 45.8 Å². The maximum Gasteiger partial charge on any atom is 0.137 e. The van der Waals surface area contributed by atoms with Crippen LogP contribution in [0.1, 0.15) is 17.4 Å². The average Bonchev–Trinajstić information content (AvgIpc) is 2.98. The summed E-state index contributed by atoms with van der Waals surface area (Å²) in [6.45, 7) is 3.81. The molecule has 1 fully saturated rings. The molecule has 1 aliphatic heterocycles. The van der Waals surface area contributed by atoms with Crippen molar-refractivity contribution < 1.29 is 8.81 Å². The number of rotatable bonds is 3. The van der Waals surface area contributed by atoms with Gasteiger partial charge in [-0.3, -0.25) is 4.90 Å². The second-order valence-electron chi connectivity index (χ2n) is 4.88. The van der Waals surface area contributed by atoms with Gasteiger partial charge in [0.15, 0.2) is 0 Å². The molecule has 0 aliphatic carbocycles. The van der Waals surface area contributed by atoms with E-state index in [0.717, 1.165) is 37.5 Å². The third kappa shape index (κ3) is 2.80. The fourth-order valence-electron chi connectivity index (χ4n) is 2.62. The first-order valence-corrected chi connectivity index (χ1v) is 7.48. The third-order valence-corrected chi connectivity index (χ3v) is 4.20. The molecule has 1 saturated heterocycles. The standard InChI is InChI=1S/C15H16BrFN2O/c16-12-10-11(3-4-13(12)17)15(14-2-1-9-20-14)19-7-5-18-6-8-19/h1-4,9-10,15,18H,5-8H2/t15-/m0/s1. The van der Waals surface area contributed by atoms with Gasteiger partial charge in [0, 0.05) is 26.2 Å². The molecule has 0 bridgehead atoms. The van der Waals surface area contributed by atoms with Crippen LogP contribution in [0.2, 0.25) is 0 Å². The van der Waals surface area contributed by atoms with E-state index in [1.807, 2.05) is 24.3 Å². The summed E-state index contributed by atoms with van der Waals surface area (Å²) in [4.78, 5) is 2.36. The maximum absolute atomic E-state index is 13.5. The van der Waals surface area contributed by atoms with Crippen molar-refractivity contribution in [1.29, 1.82) is 0 Å². The second kappa shape index (κ2) is 6.08. The lowest BCUT2D eigenvalue weighted by molar-refractivity contribution is 0.180. The molecule has 1 atom stereocenters. The van der Waals surface area contributed by atoms with Crippen molar-refractivity contribution in [3.8, 4) is 0 Å². The van der Waals surface area contributed by atoms with E-state index in [2.05, 4.69) is 26.1 Å². The zero-order valence-electron chi connectivity index (χ0n) is 11.0. The highest BCUT2D eigenvalue weighted by molar-refractivity contribution is 9.10. The largest absolute Gasteiger partial charge is 0.467 e. The molecule has 2 aromatic rings. The number of hydrogen-bond acceptors (Lipinski definition) is 3. The minimum Gasteiger partial charge on any atom is -0.467 e. The van der Waals surface area contributed by atoms with Gasteiger partial charge >= 0.3 is 0 Å². The summed E-state index contributed by atoms with van der Waals surface area (Å²) in [6, 6.07) is 9.06. The zero-order valence-corrected chi connectivity index (χ0v) is 12.6. The van der Waals surface area contributed by atoms with Crippen LogP contribution >= 0.6 is 15.9 Å². The predicted molar refractivity (Wildman–Crippen MR) is 79.1 cm³/mol. The first kappa shape index (κ1) is 13.8. The number of nitrogens with zero attached hydrogens (tertiary/aromatic N) is 1. The summed E-state index contributed by atoms with van der Waals surface area (Å²) < 4.78 is 19.5. The molecule has 106 valence electrons. The molecule has 0 amide bonds. The summed E-state index contributed by atoms with van der Waals surface area (Å²) in [6.07, 6.45) is 1.68. The van der Waals surface area contributed by atoms with Gasteiger partial charge in [-0.1, -0.05) is 6.07 Å². The Morgan fingerprint density at radius 2 is 2.05 bits per heavy atom. The van der Waals surface area contributed by atoms with Crippen LogP contribution in [0.3, 0.4) is 0 Å². The average molecular weight is 339 g/mol. The van der Waals surface area contributed by atoms with Gasteiger partial charge in [-0.15, -0.1) is 0 Å². The molecule has 0 unspecified atom stereocenters. The lowest BCUT2D eigenvalue weighted by Crippen LogP contribution is -2.45. The van der Waals surface area contributed by atoms with E-state index in [0.29, 0.717) is 4.47 Å². The summed E-state index contributed by atoms with van der Waals surface area (Å²) in [5.74, 6) is 0.651. The van der Waals surface area contributed by atoms with Gasteiger partial charge in [0.05, 0.1) is 16.8 Å². The van der Waals surface area contributed by atoms with Crippen LogP contribution in [0, 0.1) is 5.82 Å². The Kier molecular flexibility index (Phi) is 4.19. The number of furan rings is 1. The summed E-state index contributed by atoms with van der Waals surface area (Å²) in [7, 11) is 0. The minimum atomic E-state index is -0.243. The van der Waals surface area contributed by atoms with Gasteiger partial charge in [-0.25, -0.2) is 4.39 Å². The molecule has 1 N–H and O–H groups in total. The van der Waals surface area contributed by atoms with Crippen molar-refractivity contribution in [2.75, 3.05) is 26.2 Å². The molecule has 0 spiro atoms. The molecule has 1 aliphatic rings. The first-order chi connectivity index (χ1) is 9.75. The first-order valence-electron chi connectivity index (χ1n) is 6.69. The van der Waals surface area contributed by atoms with Crippen molar-refractivity contribution >= 4 is 15.9 Å². The van der Waals surface area contributed by atoms with Crippen molar-refractivity contribution in [3.05, 3.63) is 58.2 Å². The number of hydrogen-bond donors (Lipinski definition) is 1. The highest BCUT2D eigenvalue weighted by atomic mass is 79.9. The number of halogens is 2. The minimum absolute atomic E-state index is 0.0315. The van der Waals surface area contributed by atoms with Crippen LogP contribution < -0.4 is 5.32 Å². The van der Waals surface area contributed by atoms with Gasteiger partial charge < -0.3 is 9.73 Å². The van der Waals surface area contributed by atoms with E-state index >= 15 is 0 Å². The van der Waals surface area contributed by atoms with E-state index in [4.69, 9.17) is 4.42 Å². The van der Waals surface area contributed by atoms with Crippen LogP contribution in [0.15, 0.2) is 45.5 Å². The Bertz CT molecular complexity index is 567. The summed E-state index contributed by atoms with van der Waals surface area (Å²) >= 11 is 3.27. The molecule has 5 heteroatoms. The highest BCUT2D eigenvalue weighted by Crippen LogP contribution is 2.31. The highest BCUT2D eigenvalue weighted by Gasteiger charge is 2.26. The molecular formula is C15H16BrFN2O. The van der Waals surface area contributed by atoms with Gasteiger partial charge in [0.1, 0.15) is 11.6 Å². The predicted octanol–water partition coefficient (Wildman–Crippen LogP) is 3.18. The molecule has 1 aromatic carbocycles. The monoisotopic (exact) mass is 338 g/mol. The molecule has 2 heterocycles. The van der Waals surface area contributed by atoms with E-state index < -0.39 is 0 Å². The Morgan fingerprint density at radius 1 is 1.25 bits per heavy atom. The van der Waals surface area contributed by atoms with Crippen LogP contribution in [0.5, 0.6) is 0 Å². The van der Waals surface area contributed by atoms with Crippen LogP contribution in [0.25, 0.3) is 0 Å². The number of benzene rings is 1. The third-order valence-electron chi connectivity index (χ3n) is 3.59. The lowest BCUT2D eigenvalue weighted by atomic mass is 10.0. The molecule has 0 radical (unpaired) electrons. The second-order valence-corrected chi connectivity index (χ2v) is 5.73. The van der Waals surface area contributed by atoms with Crippen molar-refractivity contribution in [2.24, 2.45) is 0 Å². The fourth-order valence-corrected chi connectivity index (χ4v) is 3.02. The Labute approximate surface area is 125 Å². The SMILES string of the molecule is Fc1ccc([C@@H](c2ccco2)N2CCNCC2)cc1Br. The van der Waals surface area contributed by atoms with Crippen LogP contribution in [-0.2, 0) is 0 Å². The van der Waals surface area contributed by atoms with Gasteiger partial charge in [0.2, 0.25) is 0 Å². The normalized spacial score (nSPS) is 18.1. The molecule has 3 rings (SSSR count). The lowest BCUT2D eigenvalue weighted by Gasteiger charge is -2.34. The number of piperazine rings is 1. The van der Waals surface area contributed by atoms with Crippen molar-refractivity contribution in [3.63, 3.8) is 0 Å². The van der Waals surface area contributed by atoms with Gasteiger partial charge in [0.25, 0.3) is 0 Å². The summed E-state index contributed by atoms with van der Waals surface area (Å²) in [5.41, 5.74) is 1.04. The zero-order chi connectivity index (χ0) is 13.9. The number of nitrogens with one attached hydrogen (secondary N) is 1. The quantitative estimate of drug-likeness (QED) is 0.931. The molecule has 20 heavy (non-hydrogen) atoms.